The number of benzene rings is 2. The minimum Gasteiger partial charge on any atom is -0.451 e. The lowest BCUT2D eigenvalue weighted by Gasteiger charge is -2.35. The van der Waals surface area contributed by atoms with E-state index in [1.54, 1.807) is 36.4 Å². The Kier molecular flexibility index (Phi) is 24.5. The summed E-state index contributed by atoms with van der Waals surface area (Å²) in [6, 6.07) is 20.8. The zero-order valence-corrected chi connectivity index (χ0v) is 53.0. The maximum atomic E-state index is 15.1. The third-order valence-electron chi connectivity index (χ3n) is 15.7. The summed E-state index contributed by atoms with van der Waals surface area (Å²) in [5.41, 5.74) is 5.59. The van der Waals surface area contributed by atoms with Crippen LogP contribution in [0, 0.1) is 60.2 Å². The van der Waals surface area contributed by atoms with E-state index in [2.05, 4.69) is 12.1 Å². The van der Waals surface area contributed by atoms with Gasteiger partial charge < -0.3 is 47.7 Å². The Balaban J connectivity index is 1.60. The predicted octanol–water partition coefficient (Wildman–Crippen LogP) is 7.72. The van der Waals surface area contributed by atoms with Gasteiger partial charge in [-0.1, -0.05) is 104 Å². The van der Waals surface area contributed by atoms with Crippen LogP contribution in [0.3, 0.4) is 0 Å². The van der Waals surface area contributed by atoms with Gasteiger partial charge in [0.05, 0.1) is 0 Å². The molecule has 20 heteroatoms. The van der Waals surface area contributed by atoms with Crippen LogP contribution in [0.5, 0.6) is 0 Å². The van der Waals surface area contributed by atoms with E-state index < -0.39 is 96.1 Å². The van der Waals surface area contributed by atoms with Crippen LogP contribution in [0.2, 0.25) is 0 Å². The Morgan fingerprint density at radius 2 is 0.651 bits per heavy atom. The van der Waals surface area contributed by atoms with Crippen LogP contribution >= 0.6 is 0 Å². The summed E-state index contributed by atoms with van der Waals surface area (Å²) in [4.78, 5) is 122. The molecule has 2 aromatic carbocycles. The van der Waals surface area contributed by atoms with Gasteiger partial charge in [-0.3, -0.25) is 19.2 Å². The number of amides is 4. The van der Waals surface area contributed by atoms with Crippen molar-refractivity contribution in [2.24, 2.45) is 23.7 Å². The molecule has 4 aromatic rings. The number of esters is 4. The van der Waals surface area contributed by atoms with Gasteiger partial charge in [0.1, 0.15) is 47.7 Å². The summed E-state index contributed by atoms with van der Waals surface area (Å²) < 4.78 is 28.0. The molecule has 0 N–H and O–H groups in total. The topological polar surface area (TPSA) is 244 Å². The molecule has 4 amide bonds. The second-order valence-electron chi connectivity index (χ2n) is 24.5. The van der Waals surface area contributed by atoms with E-state index in [0.717, 1.165) is 42.1 Å². The fourth-order valence-corrected chi connectivity index (χ4v) is 10.6. The van der Waals surface area contributed by atoms with E-state index >= 15 is 9.59 Å². The summed E-state index contributed by atoms with van der Waals surface area (Å²) in [6.07, 6.45) is -6.28. The van der Waals surface area contributed by atoms with Crippen molar-refractivity contribution in [2.45, 2.75) is 183 Å². The number of nitriles is 2. The molecule has 0 unspecified atom stereocenters. The first-order valence-electron chi connectivity index (χ1n) is 29.6. The minimum atomic E-state index is -1.57. The number of carbonyl (C=O) groups excluding carboxylic acids is 8. The van der Waals surface area contributed by atoms with E-state index in [1.165, 1.54) is 42.0 Å². The molecule has 1 aliphatic rings. The maximum Gasteiger partial charge on any atom is 0.329 e. The third-order valence-corrected chi connectivity index (χ3v) is 15.7. The fourth-order valence-electron chi connectivity index (χ4n) is 10.6. The number of carbonyl (C=O) groups is 8. The second-order valence-corrected chi connectivity index (χ2v) is 24.5. The van der Waals surface area contributed by atoms with Gasteiger partial charge >= 0.3 is 23.9 Å². The molecule has 8 atom stereocenters. The SMILES string of the molecule is Cc1ccc(C#N)n1Cc1ccc(C[C@H]2OC(=O)[C@H](CC(C)C)N(C)C(=O)[C@@H](C)OC(=O)[C@H](CC(C)C)N(C)C(=O)[C@@H](Cc3ccc(Cn4c(C)ccc4C#N)cc3)OC(=O)[C@H](CC(C)C)N(C)C(=O)[C@@H](C)OC(=O)[C@H](CC(C)C)N(C)C2=O)cc1. The molecule has 2 aromatic heterocycles. The summed E-state index contributed by atoms with van der Waals surface area (Å²) in [5, 5.41) is 19.4. The number of likely N-dealkylation sites (N-methyl/N-ethyl adjacent to an activating group) is 4. The molecule has 0 saturated carbocycles. The second kappa shape index (κ2) is 30.7. The van der Waals surface area contributed by atoms with E-state index in [4.69, 9.17) is 18.9 Å². The molecule has 0 radical (unpaired) electrons. The normalized spacial score (nSPS) is 22.3. The molecule has 1 saturated heterocycles. The average Bonchev–Trinajstić information content (AvgIpc) is 4.08. The summed E-state index contributed by atoms with van der Waals surface area (Å²) >= 11 is 0. The van der Waals surface area contributed by atoms with Crippen LogP contribution in [0.4, 0.5) is 0 Å². The van der Waals surface area contributed by atoms with Crippen molar-refractivity contribution >= 4 is 47.5 Å². The van der Waals surface area contributed by atoms with Crippen molar-refractivity contribution in [2.75, 3.05) is 28.2 Å². The first kappa shape index (κ1) is 68.5. The van der Waals surface area contributed by atoms with Crippen molar-refractivity contribution in [3.05, 3.63) is 118 Å². The van der Waals surface area contributed by atoms with Crippen molar-refractivity contribution in [3.63, 3.8) is 0 Å². The molecule has 1 aliphatic heterocycles. The largest absolute Gasteiger partial charge is 0.451 e. The number of aryl methyl sites for hydroxylation is 2. The standard InChI is InChI=1S/C66H88N8O12/c1-39(2)29-53-63(79)83-45(11)59(75)69(13)56(32-42(7)8)66(82)86-58(34-48-21-25-50(26-22-48)38-74-44(10)18-28-52(74)36-68)62(78)72(16)54(30-40(3)4)64(80)84-46(12)60(76)70(14)55(31-41(5)6)65(81)85-57(61(77)71(53)15)33-47-19-23-49(24-20-47)37-73-43(9)17-27-51(73)35-67/h17-28,39-42,45-46,53-58H,29-34,37-38H2,1-16H3/t45-,46-,53+,54+,55+,56+,57-,58-/m1/s1. The van der Waals surface area contributed by atoms with E-state index in [1.807, 2.05) is 115 Å². The Morgan fingerprint density at radius 1 is 0.395 bits per heavy atom. The van der Waals surface area contributed by atoms with Crippen LogP contribution in [0.25, 0.3) is 0 Å². The van der Waals surface area contributed by atoms with Gasteiger partial charge in [0.25, 0.3) is 23.6 Å². The maximum absolute atomic E-state index is 15.1. The van der Waals surface area contributed by atoms with Crippen LogP contribution in [0.1, 0.15) is 140 Å². The lowest BCUT2D eigenvalue weighted by Crippen LogP contribution is -2.55. The molecule has 0 spiro atoms. The average molecular weight is 1190 g/mol. The molecule has 5 rings (SSSR count). The smallest absolute Gasteiger partial charge is 0.329 e. The van der Waals surface area contributed by atoms with E-state index in [0.29, 0.717) is 35.6 Å². The lowest BCUT2D eigenvalue weighted by molar-refractivity contribution is -0.176. The van der Waals surface area contributed by atoms with Gasteiger partial charge in [-0.05, 0) is 124 Å². The number of aromatic nitrogens is 2. The van der Waals surface area contributed by atoms with Gasteiger partial charge in [0, 0.05) is 65.5 Å². The summed E-state index contributed by atoms with van der Waals surface area (Å²) in [5.74, 6) is -7.73. The molecule has 464 valence electrons. The van der Waals surface area contributed by atoms with Gasteiger partial charge in [0.2, 0.25) is 0 Å². The van der Waals surface area contributed by atoms with E-state index in [9.17, 15) is 39.3 Å². The van der Waals surface area contributed by atoms with Crippen LogP contribution in [-0.4, -0.2) is 153 Å². The number of hydrogen-bond acceptors (Lipinski definition) is 14. The zero-order valence-electron chi connectivity index (χ0n) is 53.0. The van der Waals surface area contributed by atoms with Crippen LogP contribution < -0.4 is 0 Å². The first-order chi connectivity index (χ1) is 40.5. The zero-order chi connectivity index (χ0) is 64.0. The molecule has 3 heterocycles. The van der Waals surface area contributed by atoms with Crippen molar-refractivity contribution in [3.8, 4) is 12.1 Å². The Hall–Kier alpha value is -8.26. The highest BCUT2D eigenvalue weighted by Crippen LogP contribution is 2.25. The van der Waals surface area contributed by atoms with Crippen LogP contribution in [0.15, 0.2) is 72.8 Å². The number of ether oxygens (including phenoxy) is 4. The monoisotopic (exact) mass is 1180 g/mol. The summed E-state index contributed by atoms with van der Waals surface area (Å²) in [6.45, 7) is 22.0. The highest BCUT2D eigenvalue weighted by Gasteiger charge is 2.43. The van der Waals surface area contributed by atoms with Gasteiger partial charge in [0.15, 0.2) is 24.4 Å². The molecule has 86 heavy (non-hydrogen) atoms. The Bertz CT molecular complexity index is 2900. The first-order valence-corrected chi connectivity index (χ1v) is 29.6. The van der Waals surface area contributed by atoms with E-state index in [-0.39, 0.29) is 62.2 Å². The highest BCUT2D eigenvalue weighted by molar-refractivity contribution is 5.94. The number of cyclic esters (lactones) is 4. The molecule has 0 aliphatic carbocycles. The van der Waals surface area contributed by atoms with Gasteiger partial charge in [-0.15, -0.1) is 0 Å². The van der Waals surface area contributed by atoms with Gasteiger partial charge in [-0.2, -0.15) is 10.5 Å². The molecular formula is C66H88N8O12. The quantitative estimate of drug-likeness (QED) is 0.0770. The Morgan fingerprint density at radius 3 is 0.919 bits per heavy atom. The molecule has 1 fully saturated rings. The van der Waals surface area contributed by atoms with Gasteiger partial charge in [-0.25, -0.2) is 19.2 Å². The molecule has 20 nitrogen and oxygen atoms in total. The molecular weight excluding hydrogens is 1100 g/mol. The van der Waals surface area contributed by atoms with Crippen LogP contribution in [-0.2, 0) is 83.2 Å². The number of hydrogen-bond donors (Lipinski definition) is 0. The van der Waals surface area contributed by atoms with Crippen molar-refractivity contribution < 1.29 is 57.3 Å². The highest BCUT2D eigenvalue weighted by atomic mass is 16.6. The molecule has 0 bridgehead atoms. The fraction of sp³-hybridized carbons (Fsp3) is 0.545. The Labute approximate surface area is 507 Å². The number of nitrogens with zero attached hydrogens (tertiary/aromatic N) is 8. The van der Waals surface area contributed by atoms with Crippen molar-refractivity contribution in [1.82, 2.24) is 28.7 Å². The minimum absolute atomic E-state index is 0.0579. The summed E-state index contributed by atoms with van der Waals surface area (Å²) in [7, 11) is 5.51. The number of rotatable bonds is 16. The predicted molar refractivity (Wildman–Crippen MR) is 321 cm³/mol. The lowest BCUT2D eigenvalue weighted by atomic mass is 9.99. The third kappa shape index (κ3) is 17.9. The van der Waals surface area contributed by atoms with Crippen molar-refractivity contribution in [1.29, 1.82) is 10.5 Å².